The minimum atomic E-state index is -0.597. The maximum atomic E-state index is 9.41. The van der Waals surface area contributed by atoms with E-state index in [0.29, 0.717) is 6.54 Å². The molecule has 0 N–H and O–H groups in total. The summed E-state index contributed by atoms with van der Waals surface area (Å²) in [6.07, 6.45) is 3.64. The highest BCUT2D eigenvalue weighted by atomic mass is 15.3. The fraction of sp³-hybridized carbons (Fsp3) is 0.389. The van der Waals surface area contributed by atoms with Crippen LogP contribution in [0, 0.1) is 22.7 Å². The Labute approximate surface area is 131 Å². The normalized spacial score (nSPS) is 11.7. The first-order chi connectivity index (χ1) is 10.3. The van der Waals surface area contributed by atoms with Crippen molar-refractivity contribution in [3.63, 3.8) is 0 Å². The van der Waals surface area contributed by atoms with Gasteiger partial charge in [-0.2, -0.15) is 15.6 Å². The molecule has 0 radical (unpaired) electrons. The minimum absolute atomic E-state index is 0.597. The monoisotopic (exact) mass is 292 g/mol. The zero-order chi connectivity index (χ0) is 16.4. The third-order valence-electron chi connectivity index (χ3n) is 3.90. The summed E-state index contributed by atoms with van der Waals surface area (Å²) in [6.45, 7) is 8.19. The van der Waals surface area contributed by atoms with Crippen molar-refractivity contribution in [2.75, 3.05) is 0 Å². The molecule has 2 rings (SSSR count). The number of benzene rings is 1. The van der Waals surface area contributed by atoms with Gasteiger partial charge in [-0.05, 0) is 50.5 Å². The Balaban J connectivity index is 2.55. The Morgan fingerprint density at radius 2 is 1.55 bits per heavy atom. The first kappa shape index (κ1) is 15.8. The average Bonchev–Trinajstić information content (AvgIpc) is 2.99. The molecule has 112 valence electrons. The molecule has 0 aliphatic rings. The Kier molecular flexibility index (Phi) is 4.06. The second-order valence-electron chi connectivity index (χ2n) is 6.60. The van der Waals surface area contributed by atoms with E-state index in [1.54, 1.807) is 6.20 Å². The van der Waals surface area contributed by atoms with Gasteiger partial charge in [-0.15, -0.1) is 0 Å². The minimum Gasteiger partial charge on any atom is -0.268 e. The molecular formula is C18H20N4. The van der Waals surface area contributed by atoms with Gasteiger partial charge in [-0.1, -0.05) is 18.2 Å². The van der Waals surface area contributed by atoms with Crippen molar-refractivity contribution in [3.05, 3.63) is 53.3 Å². The van der Waals surface area contributed by atoms with Crippen molar-refractivity contribution < 1.29 is 0 Å². The average molecular weight is 292 g/mol. The molecule has 1 aromatic carbocycles. The number of hydrogen-bond acceptors (Lipinski definition) is 3. The predicted molar refractivity (Wildman–Crippen MR) is 85.0 cm³/mol. The summed E-state index contributed by atoms with van der Waals surface area (Å²) in [7, 11) is 0. The van der Waals surface area contributed by atoms with Crippen LogP contribution in [0.4, 0.5) is 0 Å². The van der Waals surface area contributed by atoms with Gasteiger partial charge in [0, 0.05) is 12.4 Å². The largest absolute Gasteiger partial charge is 0.268 e. The first-order valence-electron chi connectivity index (χ1n) is 7.23. The lowest BCUT2D eigenvalue weighted by molar-refractivity contribution is 0.646. The van der Waals surface area contributed by atoms with Crippen LogP contribution in [0.3, 0.4) is 0 Å². The maximum absolute atomic E-state index is 9.41. The van der Waals surface area contributed by atoms with Gasteiger partial charge in [0.2, 0.25) is 0 Å². The maximum Gasteiger partial charge on any atom is 0.0766 e. The standard InChI is InChI=1S/C18H20N4/c1-17(2,12-19)15-8-14(11-22-7-5-6-21-22)9-16(10-15)18(3,4)13-20/h5-10H,11H2,1-4H3. The molecule has 0 unspecified atom stereocenters. The van der Waals surface area contributed by atoms with E-state index in [-0.39, 0.29) is 0 Å². The smallest absolute Gasteiger partial charge is 0.0766 e. The highest BCUT2D eigenvalue weighted by Gasteiger charge is 2.26. The Morgan fingerprint density at radius 3 is 1.95 bits per heavy atom. The second kappa shape index (κ2) is 5.66. The van der Waals surface area contributed by atoms with Gasteiger partial charge in [0.05, 0.1) is 29.5 Å². The first-order valence-corrected chi connectivity index (χ1v) is 7.23. The van der Waals surface area contributed by atoms with Gasteiger partial charge in [0.15, 0.2) is 0 Å². The summed E-state index contributed by atoms with van der Waals surface area (Å²) in [5.74, 6) is 0. The van der Waals surface area contributed by atoms with E-state index in [1.165, 1.54) is 0 Å². The lowest BCUT2D eigenvalue weighted by Crippen LogP contribution is -2.20. The molecule has 0 atom stereocenters. The van der Waals surface area contributed by atoms with Crippen LogP contribution >= 0.6 is 0 Å². The SMILES string of the molecule is CC(C)(C#N)c1cc(Cn2cccn2)cc(C(C)(C)C#N)c1. The predicted octanol–water partition coefficient (Wildman–Crippen LogP) is 3.53. The highest BCUT2D eigenvalue weighted by molar-refractivity contribution is 5.42. The van der Waals surface area contributed by atoms with Crippen LogP contribution in [-0.2, 0) is 17.4 Å². The molecule has 0 aliphatic heterocycles. The van der Waals surface area contributed by atoms with E-state index < -0.39 is 10.8 Å². The molecule has 0 saturated heterocycles. The topological polar surface area (TPSA) is 65.4 Å². The van der Waals surface area contributed by atoms with Gasteiger partial charge >= 0.3 is 0 Å². The number of nitriles is 2. The van der Waals surface area contributed by atoms with Gasteiger partial charge in [0.25, 0.3) is 0 Å². The molecule has 22 heavy (non-hydrogen) atoms. The third kappa shape index (κ3) is 3.18. The summed E-state index contributed by atoms with van der Waals surface area (Å²) < 4.78 is 1.83. The molecule has 2 aromatic rings. The van der Waals surface area contributed by atoms with Gasteiger partial charge < -0.3 is 0 Å². The molecule has 0 spiro atoms. The molecule has 1 heterocycles. The molecule has 0 aliphatic carbocycles. The summed E-state index contributed by atoms with van der Waals surface area (Å²) in [4.78, 5) is 0. The highest BCUT2D eigenvalue weighted by Crippen LogP contribution is 2.30. The zero-order valence-corrected chi connectivity index (χ0v) is 13.5. The van der Waals surface area contributed by atoms with Crippen LogP contribution in [0.1, 0.15) is 44.4 Å². The zero-order valence-electron chi connectivity index (χ0n) is 13.5. The lowest BCUT2D eigenvalue weighted by atomic mass is 9.79. The van der Waals surface area contributed by atoms with Crippen molar-refractivity contribution in [2.24, 2.45) is 0 Å². The summed E-state index contributed by atoms with van der Waals surface area (Å²) in [6, 6.07) is 12.6. The van der Waals surface area contributed by atoms with Crippen molar-refractivity contribution in [1.29, 1.82) is 10.5 Å². The van der Waals surface area contributed by atoms with E-state index >= 15 is 0 Å². The second-order valence-corrected chi connectivity index (χ2v) is 6.60. The van der Waals surface area contributed by atoms with Crippen molar-refractivity contribution >= 4 is 0 Å². The molecule has 0 fully saturated rings. The molecule has 0 amide bonds. The number of hydrogen-bond donors (Lipinski definition) is 0. The quantitative estimate of drug-likeness (QED) is 0.865. The Morgan fingerprint density at radius 1 is 1.00 bits per heavy atom. The van der Waals surface area contributed by atoms with Crippen molar-refractivity contribution in [3.8, 4) is 12.1 Å². The molecule has 0 bridgehead atoms. The van der Waals surface area contributed by atoms with Gasteiger partial charge in [-0.3, -0.25) is 4.68 Å². The van der Waals surface area contributed by atoms with Crippen LogP contribution in [-0.4, -0.2) is 9.78 Å². The molecule has 4 heteroatoms. The van der Waals surface area contributed by atoms with E-state index in [9.17, 15) is 10.5 Å². The van der Waals surface area contributed by atoms with Crippen LogP contribution in [0.5, 0.6) is 0 Å². The Bertz CT molecular complexity index is 696. The number of rotatable bonds is 4. The molecular weight excluding hydrogens is 272 g/mol. The number of nitrogens with zero attached hydrogens (tertiary/aromatic N) is 4. The number of aromatic nitrogens is 2. The van der Waals surface area contributed by atoms with Crippen LogP contribution in [0.25, 0.3) is 0 Å². The fourth-order valence-electron chi connectivity index (χ4n) is 2.22. The summed E-state index contributed by atoms with van der Waals surface area (Å²) >= 11 is 0. The third-order valence-corrected chi connectivity index (χ3v) is 3.90. The van der Waals surface area contributed by atoms with E-state index in [0.717, 1.165) is 16.7 Å². The molecule has 4 nitrogen and oxygen atoms in total. The van der Waals surface area contributed by atoms with Gasteiger partial charge in [0.1, 0.15) is 0 Å². The van der Waals surface area contributed by atoms with Crippen LogP contribution in [0.15, 0.2) is 36.7 Å². The van der Waals surface area contributed by atoms with Crippen molar-refractivity contribution in [2.45, 2.75) is 45.1 Å². The van der Waals surface area contributed by atoms with Gasteiger partial charge in [-0.25, -0.2) is 0 Å². The van der Waals surface area contributed by atoms with E-state index in [4.69, 9.17) is 0 Å². The Hall–Kier alpha value is -2.59. The summed E-state index contributed by atoms with van der Waals surface area (Å²) in [5, 5.41) is 23.0. The lowest BCUT2D eigenvalue weighted by Gasteiger charge is -2.23. The molecule has 0 saturated carbocycles. The van der Waals surface area contributed by atoms with Crippen LogP contribution in [0.2, 0.25) is 0 Å². The van der Waals surface area contributed by atoms with E-state index in [2.05, 4.69) is 17.2 Å². The van der Waals surface area contributed by atoms with Crippen LogP contribution < -0.4 is 0 Å². The fourth-order valence-corrected chi connectivity index (χ4v) is 2.22. The van der Waals surface area contributed by atoms with Crippen molar-refractivity contribution in [1.82, 2.24) is 9.78 Å². The summed E-state index contributed by atoms with van der Waals surface area (Å²) in [5.41, 5.74) is 1.71. The molecule has 1 aromatic heterocycles. The van der Waals surface area contributed by atoms with E-state index in [1.807, 2.05) is 62.8 Å².